The molecule has 0 spiro atoms. The fourth-order valence-corrected chi connectivity index (χ4v) is 0.846. The third kappa shape index (κ3) is 1.82. The average Bonchev–Trinajstić information content (AvgIpc) is 1.98. The summed E-state index contributed by atoms with van der Waals surface area (Å²) in [6.45, 7) is 0. The molecule has 1 aromatic rings. The molecule has 0 amide bonds. The molecule has 0 radical (unpaired) electrons. The van der Waals surface area contributed by atoms with Gasteiger partial charge in [0.05, 0.1) is 0 Å². The van der Waals surface area contributed by atoms with Crippen LogP contribution in [0.25, 0.3) is 0 Å². The predicted octanol–water partition coefficient (Wildman–Crippen LogP) is -0.274. The standard InChI is InChI=1S/C5H7BrN6/c6-3-2(7)4(11-1-10-3)12-5(8)9/h1H,7H2,(H4,8,9,10,11,12). The van der Waals surface area contributed by atoms with E-state index < -0.39 is 0 Å². The van der Waals surface area contributed by atoms with Gasteiger partial charge < -0.3 is 17.2 Å². The predicted molar refractivity (Wildman–Crippen MR) is 49.6 cm³/mol. The van der Waals surface area contributed by atoms with Crippen LogP contribution in [-0.2, 0) is 0 Å². The maximum Gasteiger partial charge on any atom is 0.192 e. The first-order valence-electron chi connectivity index (χ1n) is 2.97. The lowest BCUT2D eigenvalue weighted by Crippen LogP contribution is -2.22. The van der Waals surface area contributed by atoms with Crippen LogP contribution in [0.5, 0.6) is 0 Å². The van der Waals surface area contributed by atoms with Gasteiger partial charge in [0.15, 0.2) is 11.8 Å². The van der Waals surface area contributed by atoms with Crippen molar-refractivity contribution in [2.45, 2.75) is 0 Å². The molecule has 0 fully saturated rings. The van der Waals surface area contributed by atoms with Gasteiger partial charge in [-0.1, -0.05) is 0 Å². The largest absolute Gasteiger partial charge is 0.393 e. The van der Waals surface area contributed by atoms with Crippen LogP contribution < -0.4 is 17.2 Å². The smallest absolute Gasteiger partial charge is 0.192 e. The van der Waals surface area contributed by atoms with E-state index in [4.69, 9.17) is 17.2 Å². The molecule has 64 valence electrons. The summed E-state index contributed by atoms with van der Waals surface area (Å²) in [4.78, 5) is 11.2. The number of nitrogens with two attached hydrogens (primary N) is 3. The molecule has 6 nitrogen and oxygen atoms in total. The Morgan fingerprint density at radius 3 is 2.67 bits per heavy atom. The zero-order chi connectivity index (χ0) is 9.14. The van der Waals surface area contributed by atoms with Gasteiger partial charge in [0, 0.05) is 0 Å². The molecular formula is C5H7BrN6. The van der Waals surface area contributed by atoms with Crippen LogP contribution in [0.15, 0.2) is 15.9 Å². The zero-order valence-corrected chi connectivity index (χ0v) is 7.62. The van der Waals surface area contributed by atoms with Gasteiger partial charge in [0.25, 0.3) is 0 Å². The van der Waals surface area contributed by atoms with Crippen molar-refractivity contribution in [3.8, 4) is 0 Å². The van der Waals surface area contributed by atoms with Crippen molar-refractivity contribution in [3.05, 3.63) is 10.9 Å². The number of hydrogen-bond donors (Lipinski definition) is 3. The summed E-state index contributed by atoms with van der Waals surface area (Å²) in [5.41, 5.74) is 16.1. The molecule has 1 aromatic heterocycles. The molecule has 0 aliphatic rings. The first kappa shape index (κ1) is 8.72. The minimum absolute atomic E-state index is 0.0905. The Hall–Kier alpha value is -1.37. The molecule has 0 aromatic carbocycles. The molecule has 1 rings (SSSR count). The van der Waals surface area contributed by atoms with Crippen molar-refractivity contribution in [2.75, 3.05) is 5.73 Å². The second kappa shape index (κ2) is 3.35. The van der Waals surface area contributed by atoms with Crippen LogP contribution in [0.4, 0.5) is 11.5 Å². The number of nitrogen functional groups attached to an aromatic ring is 1. The van der Waals surface area contributed by atoms with E-state index in [1.165, 1.54) is 6.33 Å². The first-order valence-corrected chi connectivity index (χ1v) is 3.76. The maximum absolute atomic E-state index is 5.54. The summed E-state index contributed by atoms with van der Waals surface area (Å²) < 4.78 is 0.470. The summed E-state index contributed by atoms with van der Waals surface area (Å²) in [5, 5.41) is 0. The summed E-state index contributed by atoms with van der Waals surface area (Å²) in [7, 11) is 0. The summed E-state index contributed by atoms with van der Waals surface area (Å²) >= 11 is 3.11. The van der Waals surface area contributed by atoms with Crippen LogP contribution in [0, 0.1) is 0 Å². The van der Waals surface area contributed by atoms with Gasteiger partial charge in [-0.2, -0.15) is 4.99 Å². The number of nitrogens with zero attached hydrogens (tertiary/aromatic N) is 3. The van der Waals surface area contributed by atoms with Crippen LogP contribution in [0.2, 0.25) is 0 Å². The van der Waals surface area contributed by atoms with E-state index in [1.54, 1.807) is 0 Å². The highest BCUT2D eigenvalue weighted by Gasteiger charge is 2.03. The highest BCUT2D eigenvalue weighted by Crippen LogP contribution is 2.24. The van der Waals surface area contributed by atoms with Crippen molar-refractivity contribution >= 4 is 33.4 Å². The van der Waals surface area contributed by atoms with E-state index in [2.05, 4.69) is 30.9 Å². The molecule has 7 heteroatoms. The molecule has 0 saturated heterocycles. The number of guanidine groups is 1. The highest BCUT2D eigenvalue weighted by atomic mass is 79.9. The molecule has 6 N–H and O–H groups in total. The Morgan fingerprint density at radius 1 is 1.42 bits per heavy atom. The minimum atomic E-state index is -0.0905. The lowest BCUT2D eigenvalue weighted by atomic mass is 10.5. The Bertz CT molecular complexity index is 318. The molecule has 1 heterocycles. The summed E-state index contributed by atoms with van der Waals surface area (Å²) in [5.74, 6) is 0.171. The monoisotopic (exact) mass is 230 g/mol. The Morgan fingerprint density at radius 2 is 2.08 bits per heavy atom. The fourth-order valence-electron chi connectivity index (χ4n) is 0.577. The summed E-state index contributed by atoms with van der Waals surface area (Å²) in [6.07, 6.45) is 1.31. The lowest BCUT2D eigenvalue weighted by molar-refractivity contribution is 1.13. The first-order chi connectivity index (χ1) is 5.61. The van der Waals surface area contributed by atoms with Gasteiger partial charge in [0.2, 0.25) is 0 Å². The topological polar surface area (TPSA) is 116 Å². The third-order valence-electron chi connectivity index (χ3n) is 1.05. The molecule has 0 saturated carbocycles. The fraction of sp³-hybridized carbons (Fsp3) is 0. The van der Waals surface area contributed by atoms with Gasteiger partial charge in [-0.25, -0.2) is 9.97 Å². The van der Waals surface area contributed by atoms with Crippen LogP contribution in [-0.4, -0.2) is 15.9 Å². The van der Waals surface area contributed by atoms with E-state index in [-0.39, 0.29) is 11.8 Å². The second-order valence-corrected chi connectivity index (χ2v) is 2.69. The van der Waals surface area contributed by atoms with Crippen molar-refractivity contribution < 1.29 is 0 Å². The number of aliphatic imine (C=N–C) groups is 1. The van der Waals surface area contributed by atoms with E-state index in [0.717, 1.165) is 0 Å². The molecule has 0 unspecified atom stereocenters. The van der Waals surface area contributed by atoms with Crippen LogP contribution >= 0.6 is 15.9 Å². The normalized spacial score (nSPS) is 9.42. The summed E-state index contributed by atoms with van der Waals surface area (Å²) in [6, 6.07) is 0. The zero-order valence-electron chi connectivity index (χ0n) is 6.03. The molecule has 12 heavy (non-hydrogen) atoms. The van der Waals surface area contributed by atoms with E-state index in [1.807, 2.05) is 0 Å². The quantitative estimate of drug-likeness (QED) is 0.349. The Labute approximate surface area is 77.0 Å². The lowest BCUT2D eigenvalue weighted by Gasteiger charge is -1.99. The highest BCUT2D eigenvalue weighted by molar-refractivity contribution is 9.10. The number of aromatic nitrogens is 2. The van der Waals surface area contributed by atoms with Crippen LogP contribution in [0.3, 0.4) is 0 Å². The van der Waals surface area contributed by atoms with Gasteiger partial charge in [-0.05, 0) is 15.9 Å². The molecule has 0 aliphatic carbocycles. The van der Waals surface area contributed by atoms with Gasteiger partial charge >= 0.3 is 0 Å². The number of anilines is 1. The van der Waals surface area contributed by atoms with E-state index in [9.17, 15) is 0 Å². The second-order valence-electron chi connectivity index (χ2n) is 1.94. The van der Waals surface area contributed by atoms with Gasteiger partial charge in [-0.15, -0.1) is 0 Å². The van der Waals surface area contributed by atoms with E-state index in [0.29, 0.717) is 10.3 Å². The molecule has 0 aliphatic heterocycles. The van der Waals surface area contributed by atoms with Gasteiger partial charge in [-0.3, -0.25) is 0 Å². The Balaban J connectivity index is 3.17. The number of halogens is 1. The van der Waals surface area contributed by atoms with E-state index >= 15 is 0 Å². The Kier molecular flexibility index (Phi) is 2.44. The molecular weight excluding hydrogens is 224 g/mol. The SMILES string of the molecule is NC(N)=Nc1ncnc(Br)c1N. The van der Waals surface area contributed by atoms with Crippen LogP contribution in [0.1, 0.15) is 0 Å². The number of hydrogen-bond acceptors (Lipinski definition) is 4. The van der Waals surface area contributed by atoms with Crippen molar-refractivity contribution in [1.82, 2.24) is 9.97 Å². The maximum atomic E-state index is 5.54. The van der Waals surface area contributed by atoms with Crippen molar-refractivity contribution in [3.63, 3.8) is 0 Å². The molecule has 0 atom stereocenters. The number of rotatable bonds is 1. The minimum Gasteiger partial charge on any atom is -0.393 e. The van der Waals surface area contributed by atoms with Gasteiger partial charge in [0.1, 0.15) is 16.6 Å². The van der Waals surface area contributed by atoms with Crippen molar-refractivity contribution in [2.24, 2.45) is 16.5 Å². The van der Waals surface area contributed by atoms with Crippen molar-refractivity contribution in [1.29, 1.82) is 0 Å². The molecule has 0 bridgehead atoms. The average molecular weight is 231 g/mol. The third-order valence-corrected chi connectivity index (χ3v) is 1.68.